The van der Waals surface area contributed by atoms with Crippen molar-refractivity contribution in [2.45, 2.75) is 31.2 Å². The van der Waals surface area contributed by atoms with E-state index < -0.39 is 10.0 Å². The number of nitrogens with one attached hydrogen (secondary N) is 1. The lowest BCUT2D eigenvalue weighted by molar-refractivity contribution is -0.116. The molecule has 20 heavy (non-hydrogen) atoms. The third-order valence-corrected chi connectivity index (χ3v) is 4.39. The standard InChI is InChI=1S/C12H18BrN3O3S/c1-7(2)10(14)6-12(17)16-11-4-3-8(5-9(11)13)20(15,18)19/h3-5,7,10H,6,14H2,1-2H3,(H,16,17)(H2,15,18,19). The summed E-state index contributed by atoms with van der Waals surface area (Å²) in [7, 11) is -3.76. The molecule has 0 radical (unpaired) electrons. The molecule has 0 aliphatic rings. The fraction of sp³-hybridized carbons (Fsp3) is 0.417. The zero-order chi connectivity index (χ0) is 15.5. The van der Waals surface area contributed by atoms with Crippen LogP contribution in [0.3, 0.4) is 0 Å². The van der Waals surface area contributed by atoms with E-state index >= 15 is 0 Å². The van der Waals surface area contributed by atoms with E-state index in [2.05, 4.69) is 21.2 Å². The predicted octanol–water partition coefficient (Wildman–Crippen LogP) is 1.41. The number of anilines is 1. The van der Waals surface area contributed by atoms with Gasteiger partial charge in [0.2, 0.25) is 15.9 Å². The smallest absolute Gasteiger partial charge is 0.238 e. The van der Waals surface area contributed by atoms with Crippen LogP contribution in [0.1, 0.15) is 20.3 Å². The van der Waals surface area contributed by atoms with Gasteiger partial charge in [0.05, 0.1) is 10.6 Å². The van der Waals surface area contributed by atoms with Crippen LogP contribution in [-0.2, 0) is 14.8 Å². The Morgan fingerprint density at radius 3 is 2.45 bits per heavy atom. The van der Waals surface area contributed by atoms with Gasteiger partial charge in [-0.15, -0.1) is 0 Å². The number of carbonyl (C=O) groups is 1. The molecule has 0 aliphatic carbocycles. The first-order valence-corrected chi connectivity index (χ1v) is 8.33. The van der Waals surface area contributed by atoms with Crippen molar-refractivity contribution in [2.24, 2.45) is 16.8 Å². The first-order valence-electron chi connectivity index (χ1n) is 5.99. The van der Waals surface area contributed by atoms with E-state index in [9.17, 15) is 13.2 Å². The number of primary sulfonamides is 1. The van der Waals surface area contributed by atoms with Crippen molar-refractivity contribution in [3.8, 4) is 0 Å². The maximum absolute atomic E-state index is 11.8. The van der Waals surface area contributed by atoms with E-state index in [1.165, 1.54) is 18.2 Å². The van der Waals surface area contributed by atoms with Gasteiger partial charge in [-0.1, -0.05) is 13.8 Å². The molecule has 0 spiro atoms. The molecule has 1 aromatic rings. The third-order valence-electron chi connectivity index (χ3n) is 2.82. The molecule has 0 heterocycles. The van der Waals surface area contributed by atoms with Crippen LogP contribution < -0.4 is 16.2 Å². The summed E-state index contributed by atoms with van der Waals surface area (Å²) in [6.45, 7) is 3.88. The predicted molar refractivity (Wildman–Crippen MR) is 81.6 cm³/mol. The number of sulfonamides is 1. The number of rotatable bonds is 5. The number of amides is 1. The molecule has 0 saturated heterocycles. The molecule has 6 nitrogen and oxygen atoms in total. The number of carbonyl (C=O) groups excluding carboxylic acids is 1. The van der Waals surface area contributed by atoms with E-state index in [4.69, 9.17) is 10.9 Å². The number of nitrogens with two attached hydrogens (primary N) is 2. The second kappa shape index (κ2) is 6.66. The maximum atomic E-state index is 11.8. The SMILES string of the molecule is CC(C)C(N)CC(=O)Nc1ccc(S(N)(=O)=O)cc1Br. The largest absolute Gasteiger partial charge is 0.327 e. The van der Waals surface area contributed by atoms with Gasteiger partial charge in [0.1, 0.15) is 0 Å². The Labute approximate surface area is 127 Å². The Kier molecular flexibility index (Phi) is 5.69. The van der Waals surface area contributed by atoms with Crippen LogP contribution in [0.5, 0.6) is 0 Å². The van der Waals surface area contributed by atoms with Crippen LogP contribution in [0.25, 0.3) is 0 Å². The van der Waals surface area contributed by atoms with Crippen LogP contribution in [0.2, 0.25) is 0 Å². The summed E-state index contributed by atoms with van der Waals surface area (Å²) in [5.41, 5.74) is 6.29. The quantitative estimate of drug-likeness (QED) is 0.733. The lowest BCUT2D eigenvalue weighted by Gasteiger charge is -2.15. The van der Waals surface area contributed by atoms with Crippen molar-refractivity contribution in [3.05, 3.63) is 22.7 Å². The minimum absolute atomic E-state index is 0.0266. The van der Waals surface area contributed by atoms with Crippen molar-refractivity contribution in [1.29, 1.82) is 0 Å². The molecular formula is C12H18BrN3O3S. The van der Waals surface area contributed by atoms with E-state index in [0.717, 1.165) is 0 Å². The Hall–Kier alpha value is -0.960. The van der Waals surface area contributed by atoms with Gasteiger partial charge >= 0.3 is 0 Å². The fourth-order valence-corrected chi connectivity index (χ4v) is 2.59. The highest BCUT2D eigenvalue weighted by Gasteiger charge is 2.15. The van der Waals surface area contributed by atoms with Gasteiger partial charge in [-0.2, -0.15) is 0 Å². The molecule has 0 aliphatic heterocycles. The van der Waals surface area contributed by atoms with E-state index in [-0.39, 0.29) is 29.2 Å². The summed E-state index contributed by atoms with van der Waals surface area (Å²) in [4.78, 5) is 11.8. The lowest BCUT2D eigenvalue weighted by Crippen LogP contribution is -2.31. The summed E-state index contributed by atoms with van der Waals surface area (Å²) < 4.78 is 22.8. The molecule has 1 rings (SSSR count). The Balaban J connectivity index is 2.82. The summed E-state index contributed by atoms with van der Waals surface area (Å²) in [6.07, 6.45) is 0.195. The van der Waals surface area contributed by atoms with Crippen molar-refractivity contribution in [3.63, 3.8) is 0 Å². The highest BCUT2D eigenvalue weighted by molar-refractivity contribution is 9.10. The van der Waals surface area contributed by atoms with Gasteiger partial charge in [0.15, 0.2) is 0 Å². The summed E-state index contributed by atoms with van der Waals surface area (Å²) in [5.74, 6) is -0.0239. The van der Waals surface area contributed by atoms with E-state index in [1.807, 2.05) is 13.8 Å². The highest BCUT2D eigenvalue weighted by atomic mass is 79.9. The molecule has 112 valence electrons. The monoisotopic (exact) mass is 363 g/mol. The molecular weight excluding hydrogens is 346 g/mol. The van der Waals surface area contributed by atoms with Crippen molar-refractivity contribution < 1.29 is 13.2 Å². The Morgan fingerprint density at radius 1 is 1.40 bits per heavy atom. The zero-order valence-corrected chi connectivity index (χ0v) is 13.7. The maximum Gasteiger partial charge on any atom is 0.238 e. The minimum Gasteiger partial charge on any atom is -0.327 e. The first-order chi connectivity index (χ1) is 9.11. The molecule has 0 fully saturated rings. The molecule has 1 atom stereocenters. The van der Waals surface area contributed by atoms with Crippen LogP contribution in [0.4, 0.5) is 5.69 Å². The Bertz CT molecular complexity index is 602. The lowest BCUT2D eigenvalue weighted by atomic mass is 10.0. The number of halogens is 1. The van der Waals surface area contributed by atoms with Gasteiger partial charge < -0.3 is 11.1 Å². The molecule has 8 heteroatoms. The van der Waals surface area contributed by atoms with E-state index in [1.54, 1.807) is 0 Å². The van der Waals surface area contributed by atoms with Crippen molar-refractivity contribution in [2.75, 3.05) is 5.32 Å². The molecule has 0 saturated carbocycles. The summed E-state index contributed by atoms with van der Waals surface area (Å²) >= 11 is 3.20. The van der Waals surface area contributed by atoms with Crippen LogP contribution in [-0.4, -0.2) is 20.4 Å². The second-order valence-corrected chi connectivity index (χ2v) is 7.26. The number of hydrogen-bond donors (Lipinski definition) is 3. The van der Waals surface area contributed by atoms with Crippen molar-refractivity contribution >= 4 is 37.5 Å². The van der Waals surface area contributed by atoms with Crippen LogP contribution >= 0.6 is 15.9 Å². The summed E-state index contributed by atoms with van der Waals surface area (Å²) in [6, 6.07) is 3.92. The van der Waals surface area contributed by atoms with Crippen LogP contribution in [0.15, 0.2) is 27.6 Å². The second-order valence-electron chi connectivity index (χ2n) is 4.85. The molecule has 1 unspecified atom stereocenters. The van der Waals surface area contributed by atoms with Gasteiger partial charge in [-0.3, -0.25) is 4.79 Å². The van der Waals surface area contributed by atoms with Gasteiger partial charge in [-0.05, 0) is 40.0 Å². The Morgan fingerprint density at radius 2 is 2.00 bits per heavy atom. The minimum atomic E-state index is -3.76. The van der Waals surface area contributed by atoms with E-state index in [0.29, 0.717) is 10.2 Å². The molecule has 1 amide bonds. The highest BCUT2D eigenvalue weighted by Crippen LogP contribution is 2.25. The molecule has 5 N–H and O–H groups in total. The fourth-order valence-electron chi connectivity index (χ4n) is 1.43. The molecule has 0 bridgehead atoms. The zero-order valence-electron chi connectivity index (χ0n) is 11.3. The number of hydrogen-bond acceptors (Lipinski definition) is 4. The molecule has 1 aromatic carbocycles. The normalized spacial score (nSPS) is 13.3. The first kappa shape index (κ1) is 17.1. The van der Waals surface area contributed by atoms with Gasteiger partial charge in [0.25, 0.3) is 0 Å². The average Bonchev–Trinajstić information content (AvgIpc) is 2.30. The van der Waals surface area contributed by atoms with Crippen LogP contribution in [0, 0.1) is 5.92 Å². The van der Waals surface area contributed by atoms with Crippen molar-refractivity contribution in [1.82, 2.24) is 0 Å². The van der Waals surface area contributed by atoms with Gasteiger partial charge in [-0.25, -0.2) is 13.6 Å². The molecule has 0 aromatic heterocycles. The third kappa shape index (κ3) is 4.86. The van der Waals surface area contributed by atoms with Gasteiger partial charge in [0, 0.05) is 16.9 Å². The number of benzene rings is 1. The topological polar surface area (TPSA) is 115 Å². The average molecular weight is 364 g/mol. The summed E-state index contributed by atoms with van der Waals surface area (Å²) in [5, 5.41) is 7.70.